The highest BCUT2D eigenvalue weighted by atomic mass is 16.1. The highest BCUT2D eigenvalue weighted by Gasteiger charge is 2.21. The Balaban J connectivity index is 1.47. The van der Waals surface area contributed by atoms with Crippen LogP contribution < -0.4 is 5.32 Å². The van der Waals surface area contributed by atoms with Gasteiger partial charge in [-0.05, 0) is 31.8 Å². The molecule has 0 atom stereocenters. The first-order valence-electron chi connectivity index (χ1n) is 9.91. The summed E-state index contributed by atoms with van der Waals surface area (Å²) in [6, 6.07) is 0. The standard InChI is InChI=1S/C19H33N5O/c1-16(2)13-23-11-12-24-14-17(21-18(24)15-23)19(25)20-7-10-22-8-5-3-4-6-9-22/h14,16H,3-13,15H2,1-2H3,(H,20,25). The van der Waals surface area contributed by atoms with Crippen LogP contribution in [0.3, 0.4) is 0 Å². The van der Waals surface area contributed by atoms with Crippen LogP contribution in [-0.4, -0.2) is 64.5 Å². The molecule has 0 saturated carbocycles. The van der Waals surface area contributed by atoms with Gasteiger partial charge in [-0.15, -0.1) is 0 Å². The van der Waals surface area contributed by atoms with E-state index in [4.69, 9.17) is 0 Å². The molecule has 0 bridgehead atoms. The maximum atomic E-state index is 12.4. The largest absolute Gasteiger partial charge is 0.349 e. The molecule has 1 saturated heterocycles. The second kappa shape index (κ2) is 8.81. The molecule has 0 aromatic carbocycles. The third kappa shape index (κ3) is 5.28. The number of imidazole rings is 1. The predicted molar refractivity (Wildman–Crippen MR) is 99.6 cm³/mol. The van der Waals surface area contributed by atoms with Gasteiger partial charge in [-0.25, -0.2) is 4.98 Å². The van der Waals surface area contributed by atoms with Gasteiger partial charge in [0.1, 0.15) is 11.5 Å². The van der Waals surface area contributed by atoms with Crippen molar-refractivity contribution in [3.8, 4) is 0 Å². The van der Waals surface area contributed by atoms with Crippen molar-refractivity contribution in [2.24, 2.45) is 5.92 Å². The van der Waals surface area contributed by atoms with Crippen LogP contribution in [0.2, 0.25) is 0 Å². The molecule has 1 fully saturated rings. The molecule has 1 amide bonds. The van der Waals surface area contributed by atoms with Crippen LogP contribution in [0.4, 0.5) is 0 Å². The number of hydrogen-bond donors (Lipinski definition) is 1. The first-order valence-corrected chi connectivity index (χ1v) is 9.91. The van der Waals surface area contributed by atoms with Crippen LogP contribution in [0.1, 0.15) is 55.8 Å². The molecule has 2 aliphatic rings. The third-order valence-electron chi connectivity index (χ3n) is 5.15. The van der Waals surface area contributed by atoms with E-state index in [1.807, 2.05) is 6.20 Å². The maximum Gasteiger partial charge on any atom is 0.271 e. The fourth-order valence-electron chi connectivity index (χ4n) is 3.86. The molecule has 1 aromatic heterocycles. The Morgan fingerprint density at radius 2 is 1.88 bits per heavy atom. The van der Waals surface area contributed by atoms with Gasteiger partial charge in [0.05, 0.1) is 6.54 Å². The number of carbonyl (C=O) groups is 1. The molecule has 0 spiro atoms. The van der Waals surface area contributed by atoms with Crippen LogP contribution in [0, 0.1) is 5.92 Å². The summed E-state index contributed by atoms with van der Waals surface area (Å²) in [6.45, 7) is 12.4. The quantitative estimate of drug-likeness (QED) is 0.855. The van der Waals surface area contributed by atoms with Crippen molar-refractivity contribution in [2.45, 2.75) is 52.6 Å². The third-order valence-corrected chi connectivity index (χ3v) is 5.15. The lowest BCUT2D eigenvalue weighted by Gasteiger charge is -2.28. The maximum absolute atomic E-state index is 12.4. The van der Waals surface area contributed by atoms with Crippen LogP contribution in [0.25, 0.3) is 0 Å². The fraction of sp³-hybridized carbons (Fsp3) is 0.789. The Morgan fingerprint density at radius 1 is 1.12 bits per heavy atom. The number of fused-ring (bicyclic) bond motifs is 1. The minimum absolute atomic E-state index is 0.0351. The van der Waals surface area contributed by atoms with Crippen molar-refractivity contribution in [1.82, 2.24) is 24.7 Å². The normalized spacial score (nSPS) is 19.6. The summed E-state index contributed by atoms with van der Waals surface area (Å²) in [4.78, 5) is 21.9. The van der Waals surface area contributed by atoms with Gasteiger partial charge in [0.25, 0.3) is 5.91 Å². The van der Waals surface area contributed by atoms with Gasteiger partial charge >= 0.3 is 0 Å². The van der Waals surface area contributed by atoms with Gasteiger partial charge in [-0.2, -0.15) is 0 Å². The fourth-order valence-corrected chi connectivity index (χ4v) is 3.86. The van der Waals surface area contributed by atoms with Crippen molar-refractivity contribution in [2.75, 3.05) is 39.3 Å². The first-order chi connectivity index (χ1) is 12.1. The van der Waals surface area contributed by atoms with Crippen LogP contribution in [0.15, 0.2) is 6.20 Å². The van der Waals surface area contributed by atoms with E-state index >= 15 is 0 Å². The van der Waals surface area contributed by atoms with E-state index in [0.717, 1.165) is 38.5 Å². The molecule has 3 heterocycles. The molecule has 1 N–H and O–H groups in total. The van der Waals surface area contributed by atoms with Gasteiger partial charge < -0.3 is 14.8 Å². The second-order valence-electron chi connectivity index (χ2n) is 7.88. The van der Waals surface area contributed by atoms with Crippen molar-refractivity contribution in [3.05, 3.63) is 17.7 Å². The highest BCUT2D eigenvalue weighted by molar-refractivity contribution is 5.92. The molecule has 0 radical (unpaired) electrons. The van der Waals surface area contributed by atoms with Gasteiger partial charge in [0.2, 0.25) is 0 Å². The molecule has 6 nitrogen and oxygen atoms in total. The molecule has 6 heteroatoms. The van der Waals surface area contributed by atoms with Gasteiger partial charge in [0, 0.05) is 38.9 Å². The van der Waals surface area contributed by atoms with Crippen molar-refractivity contribution in [3.63, 3.8) is 0 Å². The van der Waals surface area contributed by atoms with E-state index in [1.165, 1.54) is 38.8 Å². The lowest BCUT2D eigenvalue weighted by Crippen LogP contribution is -2.36. The average Bonchev–Trinajstić information content (AvgIpc) is 2.82. The lowest BCUT2D eigenvalue weighted by molar-refractivity contribution is 0.0943. The Kier molecular flexibility index (Phi) is 6.48. The number of nitrogens with zero attached hydrogens (tertiary/aromatic N) is 4. The smallest absolute Gasteiger partial charge is 0.271 e. The van der Waals surface area contributed by atoms with E-state index in [0.29, 0.717) is 18.2 Å². The minimum atomic E-state index is -0.0351. The van der Waals surface area contributed by atoms with E-state index < -0.39 is 0 Å². The van der Waals surface area contributed by atoms with Gasteiger partial charge in [-0.3, -0.25) is 9.69 Å². The zero-order valence-corrected chi connectivity index (χ0v) is 15.8. The zero-order chi connectivity index (χ0) is 17.6. The summed E-state index contributed by atoms with van der Waals surface area (Å²) >= 11 is 0. The summed E-state index contributed by atoms with van der Waals surface area (Å²) in [5, 5.41) is 3.05. The summed E-state index contributed by atoms with van der Waals surface area (Å²) < 4.78 is 2.14. The summed E-state index contributed by atoms with van der Waals surface area (Å²) in [6.07, 6.45) is 7.18. The molecule has 0 unspecified atom stereocenters. The van der Waals surface area contributed by atoms with Crippen molar-refractivity contribution < 1.29 is 4.79 Å². The molecule has 0 aliphatic carbocycles. The van der Waals surface area contributed by atoms with Crippen molar-refractivity contribution in [1.29, 1.82) is 0 Å². The summed E-state index contributed by atoms with van der Waals surface area (Å²) in [5.74, 6) is 1.64. The van der Waals surface area contributed by atoms with E-state index in [-0.39, 0.29) is 5.91 Å². The Labute approximate surface area is 151 Å². The lowest BCUT2D eigenvalue weighted by atomic mass is 10.2. The number of nitrogens with one attached hydrogen (secondary N) is 1. The number of rotatable bonds is 6. The van der Waals surface area contributed by atoms with Crippen molar-refractivity contribution >= 4 is 5.91 Å². The van der Waals surface area contributed by atoms with Crippen LogP contribution in [-0.2, 0) is 13.1 Å². The highest BCUT2D eigenvalue weighted by Crippen LogP contribution is 2.14. The number of amides is 1. The Hall–Kier alpha value is -1.40. The van der Waals surface area contributed by atoms with E-state index in [2.05, 4.69) is 38.5 Å². The number of hydrogen-bond acceptors (Lipinski definition) is 4. The van der Waals surface area contributed by atoms with Gasteiger partial charge in [-0.1, -0.05) is 26.7 Å². The van der Waals surface area contributed by atoms with E-state index in [1.54, 1.807) is 0 Å². The number of likely N-dealkylation sites (tertiary alicyclic amines) is 1. The summed E-state index contributed by atoms with van der Waals surface area (Å²) in [7, 11) is 0. The first kappa shape index (κ1) is 18.4. The van der Waals surface area contributed by atoms with Gasteiger partial charge in [0.15, 0.2) is 0 Å². The zero-order valence-electron chi connectivity index (χ0n) is 15.8. The average molecular weight is 348 g/mol. The second-order valence-corrected chi connectivity index (χ2v) is 7.88. The SMILES string of the molecule is CC(C)CN1CCn2cc(C(=O)NCCN3CCCCCC3)nc2C1. The van der Waals surface area contributed by atoms with Crippen LogP contribution >= 0.6 is 0 Å². The molecule has 3 rings (SSSR count). The minimum Gasteiger partial charge on any atom is -0.349 e. The van der Waals surface area contributed by atoms with Crippen LogP contribution in [0.5, 0.6) is 0 Å². The summed E-state index contributed by atoms with van der Waals surface area (Å²) in [5.41, 5.74) is 0.567. The Morgan fingerprint density at radius 3 is 2.60 bits per heavy atom. The molecule has 2 aliphatic heterocycles. The molecular formula is C19H33N5O. The molecular weight excluding hydrogens is 314 g/mol. The molecule has 1 aromatic rings. The number of carbonyl (C=O) groups excluding carboxylic acids is 1. The van der Waals surface area contributed by atoms with E-state index in [9.17, 15) is 4.79 Å². The number of aromatic nitrogens is 2. The Bertz CT molecular complexity index is 560. The topological polar surface area (TPSA) is 53.4 Å². The molecule has 25 heavy (non-hydrogen) atoms. The predicted octanol–water partition coefficient (Wildman–Crippen LogP) is 1.96. The molecule has 140 valence electrons. The monoisotopic (exact) mass is 347 g/mol.